The summed E-state index contributed by atoms with van der Waals surface area (Å²) in [6.07, 6.45) is 0.935. The molecule has 0 unspecified atom stereocenters. The first-order valence-corrected chi connectivity index (χ1v) is 8.49. The zero-order valence-corrected chi connectivity index (χ0v) is 13.6. The number of rotatable bonds is 2. The Morgan fingerprint density at radius 1 is 1.04 bits per heavy atom. The van der Waals surface area contributed by atoms with Gasteiger partial charge in [-0.1, -0.05) is 29.3 Å². The summed E-state index contributed by atoms with van der Waals surface area (Å²) >= 11 is 12.1. The molecule has 0 saturated heterocycles. The summed E-state index contributed by atoms with van der Waals surface area (Å²) in [6, 6.07) is 6.83. The number of sulfone groups is 1. The number of hydrogen-bond donors (Lipinski definition) is 0. The average Bonchev–Trinajstić information content (AvgIpc) is 2.50. The van der Waals surface area contributed by atoms with Gasteiger partial charge in [-0.2, -0.15) is 0 Å². The van der Waals surface area contributed by atoms with E-state index in [4.69, 9.17) is 23.2 Å². The Hall–Kier alpha value is -1.76. The minimum Gasteiger partial charge on any atom is -0.252 e. The van der Waals surface area contributed by atoms with E-state index in [-0.39, 0.29) is 30.7 Å². The van der Waals surface area contributed by atoms with E-state index >= 15 is 0 Å². The van der Waals surface area contributed by atoms with Crippen LogP contribution in [0.5, 0.6) is 0 Å². The van der Waals surface area contributed by atoms with Gasteiger partial charge in [-0.3, -0.25) is 4.98 Å². The van der Waals surface area contributed by atoms with Crippen LogP contribution >= 0.6 is 23.2 Å². The molecular formula is C15H7Cl2F2NO2S. The van der Waals surface area contributed by atoms with Crippen molar-refractivity contribution < 1.29 is 17.2 Å². The van der Waals surface area contributed by atoms with Gasteiger partial charge in [0, 0.05) is 11.6 Å². The Kier molecular flexibility index (Phi) is 4.00. The molecule has 0 spiro atoms. The van der Waals surface area contributed by atoms with Crippen molar-refractivity contribution in [2.24, 2.45) is 0 Å². The van der Waals surface area contributed by atoms with Crippen molar-refractivity contribution >= 4 is 43.9 Å². The van der Waals surface area contributed by atoms with Gasteiger partial charge >= 0.3 is 0 Å². The van der Waals surface area contributed by atoms with Crippen LogP contribution in [0.25, 0.3) is 10.9 Å². The van der Waals surface area contributed by atoms with Crippen molar-refractivity contribution in [3.05, 3.63) is 64.3 Å². The SMILES string of the molecule is O=S(=O)(c1cccc(F)c1)c1cnc2c(F)ccc(Cl)c2c1Cl. The lowest BCUT2D eigenvalue weighted by molar-refractivity contribution is 0.590. The molecule has 118 valence electrons. The van der Waals surface area contributed by atoms with Crippen LogP contribution in [0.1, 0.15) is 0 Å². The van der Waals surface area contributed by atoms with E-state index in [1.807, 2.05) is 0 Å². The lowest BCUT2D eigenvalue weighted by Gasteiger charge is -2.10. The summed E-state index contributed by atoms with van der Waals surface area (Å²) in [7, 11) is -4.13. The lowest BCUT2D eigenvalue weighted by atomic mass is 10.2. The third-order valence-electron chi connectivity index (χ3n) is 3.22. The topological polar surface area (TPSA) is 47.0 Å². The lowest BCUT2D eigenvalue weighted by Crippen LogP contribution is -2.05. The highest BCUT2D eigenvalue weighted by Gasteiger charge is 2.25. The first-order valence-electron chi connectivity index (χ1n) is 6.25. The van der Waals surface area contributed by atoms with E-state index in [9.17, 15) is 17.2 Å². The van der Waals surface area contributed by atoms with Gasteiger partial charge < -0.3 is 0 Å². The van der Waals surface area contributed by atoms with Crippen LogP contribution < -0.4 is 0 Å². The predicted molar refractivity (Wildman–Crippen MR) is 83.6 cm³/mol. The highest BCUT2D eigenvalue weighted by molar-refractivity contribution is 7.91. The van der Waals surface area contributed by atoms with Gasteiger partial charge in [0.1, 0.15) is 22.0 Å². The Bertz CT molecular complexity index is 1040. The molecule has 0 aliphatic rings. The first-order chi connectivity index (χ1) is 10.8. The number of aromatic nitrogens is 1. The van der Waals surface area contributed by atoms with Gasteiger partial charge in [0.15, 0.2) is 0 Å². The Morgan fingerprint density at radius 2 is 1.78 bits per heavy atom. The number of hydrogen-bond acceptors (Lipinski definition) is 3. The molecule has 1 heterocycles. The highest BCUT2D eigenvalue weighted by atomic mass is 35.5. The molecule has 0 N–H and O–H groups in total. The summed E-state index contributed by atoms with van der Waals surface area (Å²) < 4.78 is 52.3. The number of pyridine rings is 1. The molecule has 0 radical (unpaired) electrons. The molecule has 1 aromatic heterocycles. The molecule has 0 fully saturated rings. The second-order valence-electron chi connectivity index (χ2n) is 4.65. The molecule has 3 nitrogen and oxygen atoms in total. The monoisotopic (exact) mass is 373 g/mol. The van der Waals surface area contributed by atoms with Gasteiger partial charge in [-0.05, 0) is 30.3 Å². The maximum absolute atomic E-state index is 13.8. The third kappa shape index (κ3) is 2.67. The Balaban J connectivity index is 2.33. The Morgan fingerprint density at radius 3 is 2.48 bits per heavy atom. The van der Waals surface area contributed by atoms with E-state index < -0.39 is 21.5 Å². The molecule has 2 aromatic carbocycles. The number of halogens is 4. The minimum absolute atomic E-state index is 0.00851. The molecule has 0 atom stereocenters. The smallest absolute Gasteiger partial charge is 0.209 e. The summed E-state index contributed by atoms with van der Waals surface area (Å²) in [6.45, 7) is 0. The van der Waals surface area contributed by atoms with Crippen LogP contribution in [0, 0.1) is 11.6 Å². The molecule has 3 aromatic rings. The average molecular weight is 374 g/mol. The van der Waals surface area contributed by atoms with E-state index in [0.29, 0.717) is 0 Å². The van der Waals surface area contributed by atoms with E-state index in [1.54, 1.807) is 0 Å². The summed E-state index contributed by atoms with van der Waals surface area (Å²) in [5, 5.41) is -0.204. The number of fused-ring (bicyclic) bond motifs is 1. The normalized spacial score (nSPS) is 11.8. The van der Waals surface area contributed by atoms with E-state index in [2.05, 4.69) is 4.98 Å². The van der Waals surface area contributed by atoms with Crippen molar-refractivity contribution in [2.75, 3.05) is 0 Å². The van der Waals surface area contributed by atoms with Crippen molar-refractivity contribution in [1.82, 2.24) is 4.98 Å². The van der Waals surface area contributed by atoms with Crippen molar-refractivity contribution in [3.63, 3.8) is 0 Å². The first kappa shape index (κ1) is 16.1. The van der Waals surface area contributed by atoms with E-state index in [1.165, 1.54) is 18.2 Å². The van der Waals surface area contributed by atoms with Gasteiger partial charge in [0.25, 0.3) is 0 Å². The van der Waals surface area contributed by atoms with Crippen LogP contribution in [0.15, 0.2) is 52.4 Å². The largest absolute Gasteiger partial charge is 0.252 e. The van der Waals surface area contributed by atoms with Crippen LogP contribution in [-0.4, -0.2) is 13.4 Å². The summed E-state index contributed by atoms with van der Waals surface area (Å²) in [5.74, 6) is -1.39. The van der Waals surface area contributed by atoms with Crippen molar-refractivity contribution in [2.45, 2.75) is 9.79 Å². The van der Waals surface area contributed by atoms with Crippen LogP contribution in [0.4, 0.5) is 8.78 Å². The zero-order valence-electron chi connectivity index (χ0n) is 11.2. The third-order valence-corrected chi connectivity index (χ3v) is 5.80. The molecule has 0 aliphatic carbocycles. The molecule has 0 saturated carbocycles. The molecule has 23 heavy (non-hydrogen) atoms. The van der Waals surface area contributed by atoms with Gasteiger partial charge in [0.2, 0.25) is 9.84 Å². The Labute approximate surface area is 140 Å². The molecule has 0 amide bonds. The van der Waals surface area contributed by atoms with E-state index in [0.717, 1.165) is 24.4 Å². The van der Waals surface area contributed by atoms with Crippen LogP contribution in [-0.2, 0) is 9.84 Å². The molecule has 3 rings (SSSR count). The molecular weight excluding hydrogens is 367 g/mol. The van der Waals surface area contributed by atoms with Gasteiger partial charge in [0.05, 0.1) is 14.9 Å². The fourth-order valence-electron chi connectivity index (χ4n) is 2.13. The van der Waals surface area contributed by atoms with Gasteiger partial charge in [-0.15, -0.1) is 0 Å². The van der Waals surface area contributed by atoms with Crippen molar-refractivity contribution in [1.29, 1.82) is 0 Å². The summed E-state index contributed by atoms with van der Waals surface area (Å²) in [4.78, 5) is 3.14. The molecule has 8 heteroatoms. The maximum Gasteiger partial charge on any atom is 0.209 e. The van der Waals surface area contributed by atoms with Crippen molar-refractivity contribution in [3.8, 4) is 0 Å². The fourth-order valence-corrected chi connectivity index (χ4v) is 4.28. The van der Waals surface area contributed by atoms with Crippen LogP contribution in [0.3, 0.4) is 0 Å². The second kappa shape index (κ2) is 5.70. The fraction of sp³-hybridized carbons (Fsp3) is 0. The van der Waals surface area contributed by atoms with Crippen LogP contribution in [0.2, 0.25) is 10.0 Å². The quantitative estimate of drug-likeness (QED) is 0.656. The molecule has 0 aliphatic heterocycles. The maximum atomic E-state index is 13.8. The minimum atomic E-state index is -4.13. The molecule has 0 bridgehead atoms. The number of benzene rings is 2. The highest BCUT2D eigenvalue weighted by Crippen LogP contribution is 2.36. The summed E-state index contributed by atoms with van der Waals surface area (Å²) in [5.41, 5.74) is -0.138. The second-order valence-corrected chi connectivity index (χ2v) is 7.35. The number of nitrogens with zero attached hydrogens (tertiary/aromatic N) is 1. The van der Waals surface area contributed by atoms with Gasteiger partial charge in [-0.25, -0.2) is 17.2 Å². The predicted octanol–water partition coefficient (Wildman–Crippen LogP) is 4.65. The zero-order chi connectivity index (χ0) is 16.8. The standard InChI is InChI=1S/C15H7Cl2F2NO2S/c16-10-4-5-11(19)15-13(10)14(17)12(7-20-15)23(21,22)9-3-1-2-8(18)6-9/h1-7H.